The second-order valence-electron chi connectivity index (χ2n) is 5.52. The van der Waals surface area contributed by atoms with E-state index in [2.05, 4.69) is 5.32 Å². The Morgan fingerprint density at radius 1 is 1.30 bits per heavy atom. The molecule has 1 saturated carbocycles. The smallest absolute Gasteiger partial charge is 0.246 e. The van der Waals surface area contributed by atoms with Gasteiger partial charge in [0.1, 0.15) is 12.4 Å². The number of carbonyl (C=O) groups is 1. The average Bonchev–Trinajstić information content (AvgIpc) is 3.27. The van der Waals surface area contributed by atoms with E-state index in [9.17, 15) is 4.79 Å². The van der Waals surface area contributed by atoms with Crippen molar-refractivity contribution >= 4 is 5.91 Å². The number of ether oxygens (including phenoxy) is 2. The fourth-order valence-electron chi connectivity index (χ4n) is 2.17. The first kappa shape index (κ1) is 14.9. The number of rotatable bonds is 7. The highest BCUT2D eigenvalue weighted by Crippen LogP contribution is 2.41. The molecule has 1 aliphatic carbocycles. The zero-order valence-electron chi connectivity index (χ0n) is 12.4. The van der Waals surface area contributed by atoms with Crippen molar-refractivity contribution in [2.45, 2.75) is 38.8 Å². The van der Waals surface area contributed by atoms with Crippen molar-refractivity contribution in [3.8, 4) is 5.75 Å². The predicted octanol–water partition coefficient (Wildman–Crippen LogP) is 2.69. The van der Waals surface area contributed by atoms with Gasteiger partial charge in [0.05, 0.1) is 19.3 Å². The second kappa shape index (κ2) is 6.75. The second-order valence-corrected chi connectivity index (χ2v) is 5.52. The molecule has 1 aromatic rings. The maximum absolute atomic E-state index is 11.9. The van der Waals surface area contributed by atoms with Crippen LogP contribution in [0, 0.1) is 5.92 Å². The molecule has 1 aromatic carbocycles. The summed E-state index contributed by atoms with van der Waals surface area (Å²) < 4.78 is 10.5. The van der Waals surface area contributed by atoms with Gasteiger partial charge >= 0.3 is 0 Å². The van der Waals surface area contributed by atoms with E-state index in [1.807, 2.05) is 38.1 Å². The van der Waals surface area contributed by atoms with Crippen LogP contribution in [-0.2, 0) is 9.53 Å². The van der Waals surface area contributed by atoms with E-state index in [1.165, 1.54) is 12.8 Å². The van der Waals surface area contributed by atoms with Gasteiger partial charge < -0.3 is 14.8 Å². The largest absolute Gasteiger partial charge is 0.497 e. The lowest BCUT2D eigenvalue weighted by molar-refractivity contribution is -0.128. The molecule has 1 unspecified atom stereocenters. The van der Waals surface area contributed by atoms with E-state index in [0.29, 0.717) is 5.92 Å². The number of amides is 1. The Hall–Kier alpha value is -1.55. The fourth-order valence-corrected chi connectivity index (χ4v) is 2.17. The molecule has 1 amide bonds. The number of nitrogens with one attached hydrogen (secondary N) is 1. The number of carbonyl (C=O) groups excluding carboxylic acids is 1. The molecule has 2 rings (SSSR count). The van der Waals surface area contributed by atoms with Crippen LogP contribution in [-0.4, -0.2) is 25.7 Å². The van der Waals surface area contributed by atoms with E-state index in [1.54, 1.807) is 7.11 Å². The van der Waals surface area contributed by atoms with Crippen LogP contribution < -0.4 is 10.1 Å². The molecule has 4 nitrogen and oxygen atoms in total. The molecule has 1 N–H and O–H groups in total. The minimum atomic E-state index is -0.0496. The molecular weight excluding hydrogens is 254 g/mol. The van der Waals surface area contributed by atoms with E-state index in [0.717, 1.165) is 11.3 Å². The lowest BCUT2D eigenvalue weighted by atomic mass is 10.0. The van der Waals surface area contributed by atoms with E-state index < -0.39 is 0 Å². The third-order valence-corrected chi connectivity index (χ3v) is 3.43. The van der Waals surface area contributed by atoms with Crippen LogP contribution in [0.1, 0.15) is 38.3 Å². The van der Waals surface area contributed by atoms with Crippen LogP contribution in [0.15, 0.2) is 24.3 Å². The molecule has 0 radical (unpaired) electrons. The first-order valence-corrected chi connectivity index (χ1v) is 7.15. The maximum atomic E-state index is 11.9. The Labute approximate surface area is 120 Å². The SMILES string of the molecule is COc1ccc(C(NC(=O)COC(C)C)C2CC2)cc1. The van der Waals surface area contributed by atoms with Gasteiger partial charge in [-0.3, -0.25) is 4.79 Å². The minimum absolute atomic E-state index is 0.0496. The topological polar surface area (TPSA) is 47.6 Å². The monoisotopic (exact) mass is 277 g/mol. The molecule has 0 aliphatic heterocycles. The Kier molecular flexibility index (Phi) is 5.01. The summed E-state index contributed by atoms with van der Waals surface area (Å²) in [7, 11) is 1.65. The van der Waals surface area contributed by atoms with Crippen molar-refractivity contribution in [3.05, 3.63) is 29.8 Å². The van der Waals surface area contributed by atoms with Crippen LogP contribution in [0.3, 0.4) is 0 Å². The lowest BCUT2D eigenvalue weighted by Crippen LogP contribution is -2.33. The van der Waals surface area contributed by atoms with Gasteiger partial charge in [-0.15, -0.1) is 0 Å². The molecule has 0 heterocycles. The summed E-state index contributed by atoms with van der Waals surface area (Å²) in [4.78, 5) is 11.9. The first-order valence-electron chi connectivity index (χ1n) is 7.15. The van der Waals surface area contributed by atoms with Crippen molar-refractivity contribution < 1.29 is 14.3 Å². The normalized spacial score (nSPS) is 16.0. The summed E-state index contributed by atoms with van der Waals surface area (Å²) in [5, 5.41) is 3.08. The van der Waals surface area contributed by atoms with Crippen molar-refractivity contribution in [2.24, 2.45) is 5.92 Å². The van der Waals surface area contributed by atoms with Gasteiger partial charge in [0.2, 0.25) is 5.91 Å². The molecular formula is C16H23NO3. The zero-order chi connectivity index (χ0) is 14.5. The summed E-state index contributed by atoms with van der Waals surface area (Å²) in [6, 6.07) is 7.99. The van der Waals surface area contributed by atoms with Gasteiger partial charge in [0, 0.05) is 0 Å². The summed E-state index contributed by atoms with van der Waals surface area (Å²) >= 11 is 0. The Bertz CT molecular complexity index is 438. The third kappa shape index (κ3) is 4.23. The number of benzene rings is 1. The molecule has 110 valence electrons. The van der Waals surface area contributed by atoms with Crippen LogP contribution in [0.4, 0.5) is 0 Å². The Morgan fingerprint density at radius 2 is 1.95 bits per heavy atom. The summed E-state index contributed by atoms with van der Waals surface area (Å²) in [5.74, 6) is 1.33. The fraction of sp³-hybridized carbons (Fsp3) is 0.562. The molecule has 1 atom stereocenters. The van der Waals surface area contributed by atoms with E-state index >= 15 is 0 Å². The van der Waals surface area contributed by atoms with Gasteiger partial charge in [-0.25, -0.2) is 0 Å². The molecule has 20 heavy (non-hydrogen) atoms. The summed E-state index contributed by atoms with van der Waals surface area (Å²) in [5.41, 5.74) is 1.13. The van der Waals surface area contributed by atoms with E-state index in [4.69, 9.17) is 9.47 Å². The van der Waals surface area contributed by atoms with Crippen LogP contribution >= 0.6 is 0 Å². The van der Waals surface area contributed by atoms with Crippen LogP contribution in [0.25, 0.3) is 0 Å². The molecule has 4 heteroatoms. The maximum Gasteiger partial charge on any atom is 0.246 e. The highest BCUT2D eigenvalue weighted by Gasteiger charge is 2.33. The lowest BCUT2D eigenvalue weighted by Gasteiger charge is -2.19. The molecule has 0 aromatic heterocycles. The van der Waals surface area contributed by atoms with Gasteiger partial charge in [0.25, 0.3) is 0 Å². The number of hydrogen-bond donors (Lipinski definition) is 1. The number of hydrogen-bond acceptors (Lipinski definition) is 3. The molecule has 0 saturated heterocycles. The van der Waals surface area contributed by atoms with Crippen LogP contribution in [0.2, 0.25) is 0 Å². The van der Waals surface area contributed by atoms with Gasteiger partial charge in [-0.1, -0.05) is 12.1 Å². The summed E-state index contributed by atoms with van der Waals surface area (Å²) in [6.45, 7) is 3.97. The van der Waals surface area contributed by atoms with Crippen molar-refractivity contribution in [2.75, 3.05) is 13.7 Å². The quantitative estimate of drug-likeness (QED) is 0.833. The number of methoxy groups -OCH3 is 1. The van der Waals surface area contributed by atoms with Crippen LogP contribution in [0.5, 0.6) is 5.75 Å². The van der Waals surface area contributed by atoms with E-state index in [-0.39, 0.29) is 24.7 Å². The van der Waals surface area contributed by atoms with Gasteiger partial charge in [-0.2, -0.15) is 0 Å². The van der Waals surface area contributed by atoms with Gasteiger partial charge in [0.15, 0.2) is 0 Å². The predicted molar refractivity (Wildman–Crippen MR) is 77.7 cm³/mol. The van der Waals surface area contributed by atoms with Crippen molar-refractivity contribution in [1.82, 2.24) is 5.32 Å². The molecule has 0 spiro atoms. The Balaban J connectivity index is 1.97. The molecule has 1 aliphatic rings. The van der Waals surface area contributed by atoms with Gasteiger partial charge in [-0.05, 0) is 50.3 Å². The minimum Gasteiger partial charge on any atom is -0.497 e. The molecule has 1 fully saturated rings. The van der Waals surface area contributed by atoms with Crippen molar-refractivity contribution in [1.29, 1.82) is 0 Å². The third-order valence-electron chi connectivity index (χ3n) is 3.43. The zero-order valence-corrected chi connectivity index (χ0v) is 12.4. The highest BCUT2D eigenvalue weighted by molar-refractivity contribution is 5.77. The first-order chi connectivity index (χ1) is 9.60. The molecule has 0 bridgehead atoms. The average molecular weight is 277 g/mol. The van der Waals surface area contributed by atoms with Crippen molar-refractivity contribution in [3.63, 3.8) is 0 Å². The standard InChI is InChI=1S/C16H23NO3/c1-11(2)20-10-15(18)17-16(12-4-5-12)13-6-8-14(19-3)9-7-13/h6-9,11-12,16H,4-5,10H2,1-3H3,(H,17,18). The highest BCUT2D eigenvalue weighted by atomic mass is 16.5. The Morgan fingerprint density at radius 3 is 2.45 bits per heavy atom. The summed E-state index contributed by atoms with van der Waals surface area (Å²) in [6.07, 6.45) is 2.41.